The monoisotopic (exact) mass is 480 g/mol. The number of hydrogen-bond acceptors (Lipinski definition) is 9. The van der Waals surface area contributed by atoms with Crippen molar-refractivity contribution in [1.29, 1.82) is 0 Å². The second kappa shape index (κ2) is 12.0. The molecule has 0 aliphatic rings. The summed E-state index contributed by atoms with van der Waals surface area (Å²) in [6.45, 7) is 5.44. The maximum atomic E-state index is 5.46. The first-order chi connectivity index (χ1) is 17.6. The molecule has 0 saturated carbocycles. The smallest absolute Gasteiger partial charge is 0.314 e. The quantitative estimate of drug-likeness (QED) is 0.238. The number of benzene rings is 3. The van der Waals surface area contributed by atoms with Crippen molar-refractivity contribution in [2.45, 2.75) is 20.8 Å². The Labute approximate surface area is 208 Å². The van der Waals surface area contributed by atoms with E-state index in [0.717, 1.165) is 16.7 Å². The van der Waals surface area contributed by atoms with E-state index in [1.165, 1.54) is 0 Å². The van der Waals surface area contributed by atoms with E-state index in [1.54, 1.807) is 0 Å². The summed E-state index contributed by atoms with van der Waals surface area (Å²) in [5.74, 6) is 0. The molecule has 3 aromatic carbocycles. The van der Waals surface area contributed by atoms with E-state index in [4.69, 9.17) is 14.5 Å². The molecule has 0 radical (unpaired) electrons. The Bertz CT molecular complexity index is 1190. The fourth-order valence-electron chi connectivity index (χ4n) is 2.97. The lowest BCUT2D eigenvalue weighted by Crippen LogP contribution is -2.05. The van der Waals surface area contributed by atoms with Crippen molar-refractivity contribution < 1.29 is 14.5 Å². The van der Waals surface area contributed by atoms with Crippen LogP contribution in [-0.2, 0) is 0 Å². The molecule has 0 fully saturated rings. The molecule has 180 valence electrons. The van der Waals surface area contributed by atoms with E-state index in [2.05, 4.69) is 30.4 Å². The number of rotatable bonds is 9. The van der Waals surface area contributed by atoms with Crippen molar-refractivity contribution in [3.05, 3.63) is 108 Å². The van der Waals surface area contributed by atoms with Crippen molar-refractivity contribution in [2.75, 3.05) is 0 Å². The molecule has 0 aliphatic heterocycles. The fourth-order valence-corrected chi connectivity index (χ4v) is 2.97. The van der Waals surface area contributed by atoms with Crippen LogP contribution in [0.1, 0.15) is 37.5 Å². The van der Waals surface area contributed by atoms with Gasteiger partial charge in [-0.1, -0.05) is 106 Å². The summed E-state index contributed by atoms with van der Waals surface area (Å²) in [6.07, 6.45) is 0. The molecule has 4 aromatic rings. The minimum Gasteiger partial charge on any atom is -0.314 e. The molecule has 0 aliphatic carbocycles. The standard InChI is InChI=1S/C27H24N6O3/c1-19(22-13-7-4-8-14-22)31-34-25-28-26(35-32-20(2)23-15-9-5-10-16-23)30-27(29-25)36-33-21(3)24-17-11-6-12-18-24/h4-18H,1-3H3/b31-19-,32-20+,33-21?. The third-order valence-corrected chi connectivity index (χ3v) is 4.94. The van der Waals surface area contributed by atoms with Crippen LogP contribution in [0, 0.1) is 0 Å². The summed E-state index contributed by atoms with van der Waals surface area (Å²) in [5.41, 5.74) is 4.59. The van der Waals surface area contributed by atoms with Crippen molar-refractivity contribution in [2.24, 2.45) is 15.5 Å². The van der Waals surface area contributed by atoms with Gasteiger partial charge in [0.05, 0.1) is 17.1 Å². The van der Waals surface area contributed by atoms with E-state index in [-0.39, 0.29) is 18.0 Å². The molecule has 0 amide bonds. The highest BCUT2D eigenvalue weighted by Crippen LogP contribution is 2.17. The molecule has 0 bridgehead atoms. The molecule has 1 aromatic heterocycles. The zero-order valence-electron chi connectivity index (χ0n) is 20.1. The molecule has 0 N–H and O–H groups in total. The lowest BCUT2D eigenvalue weighted by atomic mass is 10.1. The molecule has 0 atom stereocenters. The summed E-state index contributed by atoms with van der Waals surface area (Å²) in [5, 5.41) is 12.3. The lowest BCUT2D eigenvalue weighted by molar-refractivity contribution is 0.250. The average Bonchev–Trinajstić information content (AvgIpc) is 2.94. The predicted molar refractivity (Wildman–Crippen MR) is 138 cm³/mol. The summed E-state index contributed by atoms with van der Waals surface area (Å²) in [4.78, 5) is 28.8. The van der Waals surface area contributed by atoms with Crippen LogP contribution in [0.15, 0.2) is 106 Å². The molecule has 0 spiro atoms. The van der Waals surface area contributed by atoms with Gasteiger partial charge in [-0.25, -0.2) is 0 Å². The Morgan fingerprint density at radius 3 is 0.944 bits per heavy atom. The summed E-state index contributed by atoms with van der Waals surface area (Å²) in [6, 6.07) is 28.3. The van der Waals surface area contributed by atoms with Gasteiger partial charge in [-0.3, -0.25) is 0 Å². The highest BCUT2D eigenvalue weighted by Gasteiger charge is 2.12. The number of oxime groups is 3. The van der Waals surface area contributed by atoms with Crippen LogP contribution >= 0.6 is 0 Å². The maximum Gasteiger partial charge on any atom is 0.355 e. The van der Waals surface area contributed by atoms with Crippen LogP contribution in [0.3, 0.4) is 0 Å². The highest BCUT2D eigenvalue weighted by molar-refractivity contribution is 5.99. The van der Waals surface area contributed by atoms with Crippen molar-refractivity contribution in [3.8, 4) is 18.0 Å². The van der Waals surface area contributed by atoms with Gasteiger partial charge in [0, 0.05) is 0 Å². The summed E-state index contributed by atoms with van der Waals surface area (Å²) < 4.78 is 0. The molecule has 1 heterocycles. The molecule has 0 saturated heterocycles. The highest BCUT2D eigenvalue weighted by atomic mass is 16.7. The number of hydrogen-bond donors (Lipinski definition) is 0. The van der Waals surface area contributed by atoms with Crippen LogP contribution < -0.4 is 14.5 Å². The second-order valence-electron chi connectivity index (χ2n) is 7.59. The lowest BCUT2D eigenvalue weighted by Gasteiger charge is -2.05. The van der Waals surface area contributed by atoms with Gasteiger partial charge in [-0.05, 0) is 37.5 Å². The summed E-state index contributed by atoms with van der Waals surface area (Å²) >= 11 is 0. The van der Waals surface area contributed by atoms with Crippen LogP contribution in [0.4, 0.5) is 0 Å². The van der Waals surface area contributed by atoms with Crippen molar-refractivity contribution in [1.82, 2.24) is 15.0 Å². The van der Waals surface area contributed by atoms with Gasteiger partial charge >= 0.3 is 18.0 Å². The Morgan fingerprint density at radius 1 is 0.444 bits per heavy atom. The van der Waals surface area contributed by atoms with E-state index in [1.807, 2.05) is 112 Å². The third-order valence-electron chi connectivity index (χ3n) is 4.94. The Morgan fingerprint density at radius 2 is 0.694 bits per heavy atom. The van der Waals surface area contributed by atoms with E-state index in [9.17, 15) is 0 Å². The van der Waals surface area contributed by atoms with Gasteiger partial charge in [0.15, 0.2) is 0 Å². The topological polar surface area (TPSA) is 103 Å². The van der Waals surface area contributed by atoms with Gasteiger partial charge in [0.2, 0.25) is 0 Å². The van der Waals surface area contributed by atoms with Gasteiger partial charge in [0.25, 0.3) is 0 Å². The zero-order valence-corrected chi connectivity index (χ0v) is 20.1. The second-order valence-corrected chi connectivity index (χ2v) is 7.59. The Kier molecular flexibility index (Phi) is 8.06. The van der Waals surface area contributed by atoms with E-state index in [0.29, 0.717) is 17.1 Å². The fraction of sp³-hybridized carbons (Fsp3) is 0.111. The van der Waals surface area contributed by atoms with Gasteiger partial charge in [0.1, 0.15) is 0 Å². The first-order valence-electron chi connectivity index (χ1n) is 11.2. The van der Waals surface area contributed by atoms with Crippen LogP contribution in [0.25, 0.3) is 0 Å². The SMILES string of the molecule is CC(=NOc1nc(O/N=C(/C)c2ccccc2)nc(O/N=C(\C)c2ccccc2)n1)c1ccccc1. The largest absolute Gasteiger partial charge is 0.355 e. The first-order valence-corrected chi connectivity index (χ1v) is 11.2. The number of aromatic nitrogens is 3. The molecular weight excluding hydrogens is 456 g/mol. The Balaban J connectivity index is 1.58. The van der Waals surface area contributed by atoms with Crippen molar-refractivity contribution >= 4 is 17.1 Å². The number of nitrogens with zero attached hydrogens (tertiary/aromatic N) is 6. The van der Waals surface area contributed by atoms with E-state index >= 15 is 0 Å². The maximum absolute atomic E-state index is 5.46. The van der Waals surface area contributed by atoms with Crippen LogP contribution in [-0.4, -0.2) is 32.1 Å². The van der Waals surface area contributed by atoms with Gasteiger partial charge in [-0.15, -0.1) is 15.0 Å². The van der Waals surface area contributed by atoms with Gasteiger partial charge in [-0.2, -0.15) is 0 Å². The average molecular weight is 481 g/mol. The van der Waals surface area contributed by atoms with E-state index < -0.39 is 0 Å². The molecule has 0 unspecified atom stereocenters. The molecule has 4 rings (SSSR count). The summed E-state index contributed by atoms with van der Waals surface area (Å²) in [7, 11) is 0. The molecule has 36 heavy (non-hydrogen) atoms. The van der Waals surface area contributed by atoms with Crippen LogP contribution in [0.2, 0.25) is 0 Å². The normalized spacial score (nSPS) is 12.2. The minimum atomic E-state index is -0.134. The predicted octanol–water partition coefficient (Wildman–Crippen LogP) is 5.28. The molecular formula is C27H24N6O3. The zero-order chi connectivity index (χ0) is 25.2. The first kappa shape index (κ1) is 24.2. The molecule has 9 nitrogen and oxygen atoms in total. The Hall–Kier alpha value is -4.92. The van der Waals surface area contributed by atoms with Crippen molar-refractivity contribution in [3.63, 3.8) is 0 Å². The van der Waals surface area contributed by atoms with Gasteiger partial charge < -0.3 is 14.5 Å². The minimum absolute atomic E-state index is 0.134. The third kappa shape index (κ3) is 6.80. The van der Waals surface area contributed by atoms with Crippen LogP contribution in [0.5, 0.6) is 18.0 Å². The molecule has 9 heteroatoms.